The van der Waals surface area contributed by atoms with Crippen molar-refractivity contribution in [3.05, 3.63) is 80.8 Å². The molecule has 0 aliphatic heterocycles. The van der Waals surface area contributed by atoms with Crippen LogP contribution in [0.3, 0.4) is 0 Å². The first-order valence-electron chi connectivity index (χ1n) is 7.18. The molecular formula is C19H12Cl2O. The van der Waals surface area contributed by atoms with Crippen molar-refractivity contribution in [2.45, 2.75) is 12.8 Å². The van der Waals surface area contributed by atoms with Crippen LogP contribution in [0.5, 0.6) is 0 Å². The van der Waals surface area contributed by atoms with Crippen LogP contribution in [0.1, 0.15) is 27.0 Å². The normalized spacial score (nSPS) is 12.8. The number of hydrogen-bond acceptors (Lipinski definition) is 1. The van der Waals surface area contributed by atoms with E-state index < -0.39 is 0 Å². The molecule has 3 aromatic rings. The van der Waals surface area contributed by atoms with Gasteiger partial charge in [-0.05, 0) is 52.9 Å². The van der Waals surface area contributed by atoms with E-state index >= 15 is 0 Å². The monoisotopic (exact) mass is 326 g/mol. The van der Waals surface area contributed by atoms with E-state index in [9.17, 15) is 4.79 Å². The standard InChI is InChI=1S/C19H12Cl2O/c20-16-9-7-13(10-17(16)21)19(22)15-8-6-12-5-4-11-2-1-3-14(15)18(11)12/h1-3,6-10H,4-5H2. The van der Waals surface area contributed by atoms with Gasteiger partial charge in [-0.3, -0.25) is 4.79 Å². The highest BCUT2D eigenvalue weighted by Gasteiger charge is 2.19. The summed E-state index contributed by atoms with van der Waals surface area (Å²) < 4.78 is 0. The molecule has 0 saturated heterocycles. The van der Waals surface area contributed by atoms with E-state index in [1.807, 2.05) is 18.2 Å². The Labute approximate surface area is 138 Å². The molecule has 108 valence electrons. The lowest BCUT2D eigenvalue weighted by molar-refractivity contribution is 0.104. The molecular weight excluding hydrogens is 315 g/mol. The molecule has 0 radical (unpaired) electrons. The maximum Gasteiger partial charge on any atom is 0.193 e. The highest BCUT2D eigenvalue weighted by Crippen LogP contribution is 2.34. The molecule has 0 bridgehead atoms. The molecule has 1 aliphatic rings. The van der Waals surface area contributed by atoms with Gasteiger partial charge in [0.2, 0.25) is 0 Å². The summed E-state index contributed by atoms with van der Waals surface area (Å²) in [4.78, 5) is 12.9. The van der Waals surface area contributed by atoms with Crippen molar-refractivity contribution in [3.8, 4) is 0 Å². The summed E-state index contributed by atoms with van der Waals surface area (Å²) in [6, 6.07) is 15.2. The maximum atomic E-state index is 12.9. The van der Waals surface area contributed by atoms with Gasteiger partial charge in [0.25, 0.3) is 0 Å². The van der Waals surface area contributed by atoms with Crippen molar-refractivity contribution in [1.82, 2.24) is 0 Å². The van der Waals surface area contributed by atoms with Crippen LogP contribution in [-0.4, -0.2) is 5.78 Å². The van der Waals surface area contributed by atoms with Crippen LogP contribution in [0.4, 0.5) is 0 Å². The van der Waals surface area contributed by atoms with Crippen LogP contribution < -0.4 is 0 Å². The lowest BCUT2D eigenvalue weighted by Gasteiger charge is -2.09. The summed E-state index contributed by atoms with van der Waals surface area (Å²) in [6.07, 6.45) is 2.11. The van der Waals surface area contributed by atoms with E-state index in [1.165, 1.54) is 16.5 Å². The zero-order valence-corrected chi connectivity index (χ0v) is 13.2. The molecule has 0 spiro atoms. The third-order valence-electron chi connectivity index (χ3n) is 4.30. The topological polar surface area (TPSA) is 17.1 Å². The van der Waals surface area contributed by atoms with E-state index in [4.69, 9.17) is 23.2 Å². The lowest BCUT2D eigenvalue weighted by Crippen LogP contribution is -2.02. The fourth-order valence-electron chi connectivity index (χ4n) is 3.24. The highest BCUT2D eigenvalue weighted by molar-refractivity contribution is 6.42. The summed E-state index contributed by atoms with van der Waals surface area (Å²) in [5.41, 5.74) is 3.95. The quantitative estimate of drug-likeness (QED) is 0.570. The Morgan fingerprint density at radius 1 is 0.864 bits per heavy atom. The van der Waals surface area contributed by atoms with Gasteiger partial charge < -0.3 is 0 Å². The Morgan fingerprint density at radius 3 is 2.41 bits per heavy atom. The zero-order chi connectivity index (χ0) is 15.3. The van der Waals surface area contributed by atoms with Crippen LogP contribution in [-0.2, 0) is 12.8 Å². The molecule has 0 aromatic heterocycles. The van der Waals surface area contributed by atoms with Gasteiger partial charge in [-0.25, -0.2) is 0 Å². The molecule has 22 heavy (non-hydrogen) atoms. The van der Waals surface area contributed by atoms with Crippen molar-refractivity contribution in [2.75, 3.05) is 0 Å². The van der Waals surface area contributed by atoms with E-state index in [1.54, 1.807) is 18.2 Å². The Balaban J connectivity index is 1.91. The number of hydrogen-bond donors (Lipinski definition) is 0. The van der Waals surface area contributed by atoms with Crippen LogP contribution >= 0.6 is 23.2 Å². The van der Waals surface area contributed by atoms with Gasteiger partial charge in [0.05, 0.1) is 10.0 Å². The second-order valence-electron chi connectivity index (χ2n) is 5.57. The number of rotatable bonds is 2. The molecule has 0 unspecified atom stereocenters. The molecule has 1 nitrogen and oxygen atoms in total. The number of carbonyl (C=O) groups excluding carboxylic acids is 1. The van der Waals surface area contributed by atoms with Crippen LogP contribution in [0.25, 0.3) is 10.8 Å². The summed E-state index contributed by atoms with van der Waals surface area (Å²) in [5, 5.41) is 3.13. The Hall–Kier alpha value is -1.83. The summed E-state index contributed by atoms with van der Waals surface area (Å²) in [6.45, 7) is 0. The third-order valence-corrected chi connectivity index (χ3v) is 5.04. The fraction of sp³-hybridized carbons (Fsp3) is 0.105. The van der Waals surface area contributed by atoms with Gasteiger partial charge in [0.1, 0.15) is 0 Å². The number of ketones is 1. The van der Waals surface area contributed by atoms with Gasteiger partial charge in [-0.15, -0.1) is 0 Å². The van der Waals surface area contributed by atoms with Crippen LogP contribution in [0.15, 0.2) is 48.5 Å². The van der Waals surface area contributed by atoms with E-state index in [0.29, 0.717) is 15.6 Å². The maximum absolute atomic E-state index is 12.9. The fourth-order valence-corrected chi connectivity index (χ4v) is 3.54. The van der Waals surface area contributed by atoms with Crippen LogP contribution in [0, 0.1) is 0 Å². The minimum atomic E-state index is -0.0193. The molecule has 0 amide bonds. The molecule has 3 heteroatoms. The van der Waals surface area contributed by atoms with Crippen molar-refractivity contribution in [2.24, 2.45) is 0 Å². The summed E-state index contributed by atoms with van der Waals surface area (Å²) >= 11 is 12.0. The zero-order valence-electron chi connectivity index (χ0n) is 11.7. The highest BCUT2D eigenvalue weighted by atomic mass is 35.5. The summed E-state index contributed by atoms with van der Waals surface area (Å²) in [5.74, 6) is -0.0193. The summed E-state index contributed by atoms with van der Waals surface area (Å²) in [7, 11) is 0. The van der Waals surface area contributed by atoms with Crippen molar-refractivity contribution >= 4 is 39.8 Å². The Morgan fingerprint density at radius 2 is 1.64 bits per heavy atom. The lowest BCUT2D eigenvalue weighted by atomic mass is 9.95. The molecule has 0 N–H and O–H groups in total. The molecule has 4 rings (SSSR count). The van der Waals surface area contributed by atoms with E-state index in [-0.39, 0.29) is 5.78 Å². The number of carbonyl (C=O) groups is 1. The van der Waals surface area contributed by atoms with E-state index in [2.05, 4.69) is 12.1 Å². The minimum absolute atomic E-state index is 0.0193. The molecule has 0 saturated carbocycles. The van der Waals surface area contributed by atoms with Crippen molar-refractivity contribution in [3.63, 3.8) is 0 Å². The molecule has 0 atom stereocenters. The smallest absolute Gasteiger partial charge is 0.193 e. The Kier molecular flexibility index (Phi) is 3.21. The number of halogens is 2. The first-order chi connectivity index (χ1) is 10.6. The van der Waals surface area contributed by atoms with Gasteiger partial charge >= 0.3 is 0 Å². The molecule has 0 heterocycles. The van der Waals surface area contributed by atoms with Gasteiger partial charge in [-0.1, -0.05) is 53.5 Å². The second kappa shape index (κ2) is 5.12. The predicted molar refractivity (Wildman–Crippen MR) is 91.3 cm³/mol. The average Bonchev–Trinajstić information content (AvgIpc) is 2.95. The van der Waals surface area contributed by atoms with Crippen molar-refractivity contribution < 1.29 is 4.79 Å². The Bertz CT molecular complexity index is 918. The molecule has 0 fully saturated rings. The largest absolute Gasteiger partial charge is 0.289 e. The predicted octanol–water partition coefficient (Wildman–Crippen LogP) is 5.48. The first kappa shape index (κ1) is 13.8. The van der Waals surface area contributed by atoms with Gasteiger partial charge in [0.15, 0.2) is 5.78 Å². The first-order valence-corrected chi connectivity index (χ1v) is 7.94. The van der Waals surface area contributed by atoms with Crippen molar-refractivity contribution in [1.29, 1.82) is 0 Å². The minimum Gasteiger partial charge on any atom is -0.289 e. The van der Waals surface area contributed by atoms with Gasteiger partial charge in [0, 0.05) is 11.1 Å². The molecule has 1 aliphatic carbocycles. The molecule has 3 aromatic carbocycles. The SMILES string of the molecule is O=C(c1ccc(Cl)c(Cl)c1)c1ccc2c3c(cccc13)CC2. The van der Waals surface area contributed by atoms with Crippen LogP contribution in [0.2, 0.25) is 10.0 Å². The number of benzene rings is 3. The average molecular weight is 327 g/mol. The number of aryl methyl sites for hydroxylation is 2. The second-order valence-corrected chi connectivity index (χ2v) is 6.38. The van der Waals surface area contributed by atoms with Gasteiger partial charge in [-0.2, -0.15) is 0 Å². The third kappa shape index (κ3) is 2.05. The van der Waals surface area contributed by atoms with E-state index in [0.717, 1.165) is 23.8 Å².